The van der Waals surface area contributed by atoms with Gasteiger partial charge in [-0.2, -0.15) is 0 Å². The lowest BCUT2D eigenvalue weighted by Crippen LogP contribution is -2.04. The molecule has 0 fully saturated rings. The molecule has 0 bridgehead atoms. The molecule has 76 valence electrons. The number of aromatic amines is 1. The largest absolute Gasteiger partial charge is 0.392 e. The van der Waals surface area contributed by atoms with Gasteiger partial charge in [0.2, 0.25) is 5.56 Å². The Kier molecular flexibility index (Phi) is 2.65. The van der Waals surface area contributed by atoms with E-state index >= 15 is 0 Å². The molecule has 2 aromatic rings. The normalized spacial score (nSPS) is 10.2. The molecule has 1 aromatic carbocycles. The Morgan fingerprint density at radius 1 is 1.07 bits per heavy atom. The van der Waals surface area contributed by atoms with Crippen LogP contribution in [0.4, 0.5) is 0 Å². The fourth-order valence-electron chi connectivity index (χ4n) is 1.53. The summed E-state index contributed by atoms with van der Waals surface area (Å²) in [7, 11) is 0. The van der Waals surface area contributed by atoms with Crippen LogP contribution in [0.25, 0.3) is 11.3 Å². The van der Waals surface area contributed by atoms with Crippen molar-refractivity contribution in [2.24, 2.45) is 0 Å². The average Bonchev–Trinajstić information content (AvgIpc) is 2.29. The minimum atomic E-state index is -0.139. The predicted molar refractivity (Wildman–Crippen MR) is 58.4 cm³/mol. The van der Waals surface area contributed by atoms with E-state index in [-0.39, 0.29) is 12.2 Å². The van der Waals surface area contributed by atoms with E-state index < -0.39 is 0 Å². The first-order valence-electron chi connectivity index (χ1n) is 4.70. The van der Waals surface area contributed by atoms with Crippen molar-refractivity contribution < 1.29 is 5.11 Å². The van der Waals surface area contributed by atoms with Crippen molar-refractivity contribution in [1.29, 1.82) is 0 Å². The Morgan fingerprint density at radius 3 is 2.60 bits per heavy atom. The quantitative estimate of drug-likeness (QED) is 0.774. The molecule has 0 aliphatic heterocycles. The summed E-state index contributed by atoms with van der Waals surface area (Å²) in [5.41, 5.74) is 2.25. The van der Waals surface area contributed by atoms with Crippen LogP contribution in [0.1, 0.15) is 5.56 Å². The zero-order chi connectivity index (χ0) is 10.7. The molecule has 2 N–H and O–H groups in total. The first-order chi connectivity index (χ1) is 7.31. The third kappa shape index (κ3) is 1.97. The molecule has 2 rings (SSSR count). The van der Waals surface area contributed by atoms with Crippen LogP contribution in [0.5, 0.6) is 0 Å². The van der Waals surface area contributed by atoms with Crippen molar-refractivity contribution in [1.82, 2.24) is 4.98 Å². The van der Waals surface area contributed by atoms with E-state index in [2.05, 4.69) is 4.98 Å². The van der Waals surface area contributed by atoms with E-state index in [0.29, 0.717) is 0 Å². The maximum atomic E-state index is 11.1. The van der Waals surface area contributed by atoms with E-state index in [1.165, 1.54) is 6.07 Å². The van der Waals surface area contributed by atoms with Gasteiger partial charge in [-0.05, 0) is 11.6 Å². The molecule has 0 saturated heterocycles. The lowest BCUT2D eigenvalue weighted by molar-refractivity contribution is 0.282. The van der Waals surface area contributed by atoms with Crippen LogP contribution in [-0.2, 0) is 6.61 Å². The van der Waals surface area contributed by atoms with Gasteiger partial charge in [0.15, 0.2) is 0 Å². The highest BCUT2D eigenvalue weighted by molar-refractivity contribution is 5.63. The molecule has 0 spiro atoms. The Morgan fingerprint density at radius 2 is 1.87 bits per heavy atom. The van der Waals surface area contributed by atoms with Crippen LogP contribution < -0.4 is 5.56 Å². The maximum absolute atomic E-state index is 11.1. The summed E-state index contributed by atoms with van der Waals surface area (Å²) >= 11 is 0. The highest BCUT2D eigenvalue weighted by Gasteiger charge is 2.03. The number of aliphatic hydroxyl groups excluding tert-OH is 1. The lowest BCUT2D eigenvalue weighted by atomic mass is 10.0. The molecule has 1 heterocycles. The van der Waals surface area contributed by atoms with Crippen molar-refractivity contribution in [3.05, 3.63) is 58.4 Å². The van der Waals surface area contributed by atoms with E-state index in [0.717, 1.165) is 16.8 Å². The van der Waals surface area contributed by atoms with Gasteiger partial charge in [-0.1, -0.05) is 30.3 Å². The lowest BCUT2D eigenvalue weighted by Gasteiger charge is -2.06. The second-order valence-electron chi connectivity index (χ2n) is 3.24. The summed E-state index contributed by atoms with van der Waals surface area (Å²) in [5.74, 6) is 0. The van der Waals surface area contributed by atoms with Gasteiger partial charge in [-0.15, -0.1) is 0 Å². The highest BCUT2D eigenvalue weighted by atomic mass is 16.3. The van der Waals surface area contributed by atoms with Crippen molar-refractivity contribution in [2.45, 2.75) is 6.61 Å². The van der Waals surface area contributed by atoms with Gasteiger partial charge in [-0.25, -0.2) is 0 Å². The number of nitrogens with one attached hydrogen (secondary N) is 1. The van der Waals surface area contributed by atoms with E-state index in [4.69, 9.17) is 5.11 Å². The minimum Gasteiger partial charge on any atom is -0.392 e. The van der Waals surface area contributed by atoms with E-state index in [1.54, 1.807) is 6.07 Å². The third-order valence-corrected chi connectivity index (χ3v) is 2.25. The topological polar surface area (TPSA) is 53.1 Å². The molecule has 0 saturated carbocycles. The maximum Gasteiger partial charge on any atom is 0.248 e. The minimum absolute atomic E-state index is 0.0346. The Hall–Kier alpha value is -1.87. The van der Waals surface area contributed by atoms with E-state index in [1.807, 2.05) is 30.3 Å². The molecular formula is C12H11NO2. The molecule has 0 radical (unpaired) electrons. The Labute approximate surface area is 87.0 Å². The zero-order valence-corrected chi connectivity index (χ0v) is 8.10. The summed E-state index contributed by atoms with van der Waals surface area (Å²) in [6.07, 6.45) is 0. The highest BCUT2D eigenvalue weighted by Crippen LogP contribution is 2.20. The SMILES string of the molecule is O=c1cccc(-c2ccccc2CO)[nH]1. The van der Waals surface area contributed by atoms with Crippen LogP contribution >= 0.6 is 0 Å². The van der Waals surface area contributed by atoms with Crippen LogP contribution in [0, 0.1) is 0 Å². The first kappa shape index (κ1) is 9.68. The van der Waals surface area contributed by atoms with Crippen LogP contribution in [0.2, 0.25) is 0 Å². The molecule has 1 aromatic heterocycles. The summed E-state index contributed by atoms with van der Waals surface area (Å²) in [5, 5.41) is 9.16. The van der Waals surface area contributed by atoms with Crippen LogP contribution in [0.3, 0.4) is 0 Å². The second-order valence-corrected chi connectivity index (χ2v) is 3.24. The van der Waals surface area contributed by atoms with Gasteiger partial charge in [-0.3, -0.25) is 4.79 Å². The molecule has 15 heavy (non-hydrogen) atoms. The van der Waals surface area contributed by atoms with Gasteiger partial charge in [0, 0.05) is 17.3 Å². The summed E-state index contributed by atoms with van der Waals surface area (Å²) in [4.78, 5) is 13.9. The number of aromatic nitrogens is 1. The number of rotatable bonds is 2. The monoisotopic (exact) mass is 201 g/mol. The Balaban J connectivity index is 2.58. The zero-order valence-electron chi connectivity index (χ0n) is 8.10. The van der Waals surface area contributed by atoms with Gasteiger partial charge >= 0.3 is 0 Å². The molecule has 0 amide bonds. The van der Waals surface area contributed by atoms with Crippen molar-refractivity contribution in [2.75, 3.05) is 0 Å². The first-order valence-corrected chi connectivity index (χ1v) is 4.70. The van der Waals surface area contributed by atoms with Gasteiger partial charge in [0.05, 0.1) is 6.61 Å². The smallest absolute Gasteiger partial charge is 0.248 e. The molecule has 0 atom stereocenters. The second kappa shape index (κ2) is 4.11. The number of aliphatic hydroxyl groups is 1. The molecular weight excluding hydrogens is 190 g/mol. The van der Waals surface area contributed by atoms with Crippen LogP contribution in [0.15, 0.2) is 47.3 Å². The standard InChI is InChI=1S/C12H11NO2/c14-8-9-4-1-2-5-10(9)11-6-3-7-12(15)13-11/h1-7,14H,8H2,(H,13,15). The number of hydrogen-bond donors (Lipinski definition) is 2. The molecule has 0 unspecified atom stereocenters. The van der Waals surface area contributed by atoms with Crippen LogP contribution in [-0.4, -0.2) is 10.1 Å². The third-order valence-electron chi connectivity index (χ3n) is 2.25. The fourth-order valence-corrected chi connectivity index (χ4v) is 1.53. The van der Waals surface area contributed by atoms with E-state index in [9.17, 15) is 4.79 Å². The number of H-pyrrole nitrogens is 1. The van der Waals surface area contributed by atoms with Crippen molar-refractivity contribution >= 4 is 0 Å². The number of pyridine rings is 1. The van der Waals surface area contributed by atoms with Crippen molar-refractivity contribution in [3.8, 4) is 11.3 Å². The van der Waals surface area contributed by atoms with Gasteiger partial charge in [0.1, 0.15) is 0 Å². The molecule has 3 nitrogen and oxygen atoms in total. The van der Waals surface area contributed by atoms with Gasteiger partial charge in [0.25, 0.3) is 0 Å². The van der Waals surface area contributed by atoms with Gasteiger partial charge < -0.3 is 10.1 Å². The summed E-state index contributed by atoms with van der Waals surface area (Å²) < 4.78 is 0. The Bertz CT molecular complexity index is 517. The number of benzene rings is 1. The summed E-state index contributed by atoms with van der Waals surface area (Å²) in [6, 6.07) is 12.4. The average molecular weight is 201 g/mol. The fraction of sp³-hybridized carbons (Fsp3) is 0.0833. The summed E-state index contributed by atoms with van der Waals surface area (Å²) in [6.45, 7) is -0.0346. The molecule has 3 heteroatoms. The number of hydrogen-bond acceptors (Lipinski definition) is 2. The molecule has 0 aliphatic carbocycles. The molecule has 0 aliphatic rings. The van der Waals surface area contributed by atoms with Crippen molar-refractivity contribution in [3.63, 3.8) is 0 Å². The predicted octanol–water partition coefficient (Wildman–Crippen LogP) is 1.53.